The standard InChI is InChI=1S/C10H18N2O2/c1-3-6-12-7-5-9(13)11-8(4-2)10(12)14/h8H,3-7H2,1-2H3,(H,11,13). The molecule has 0 aromatic carbocycles. The zero-order valence-corrected chi connectivity index (χ0v) is 8.88. The van der Waals surface area contributed by atoms with E-state index in [0.29, 0.717) is 19.4 Å². The molecule has 4 heteroatoms. The van der Waals surface area contributed by atoms with Gasteiger partial charge in [0.05, 0.1) is 0 Å². The summed E-state index contributed by atoms with van der Waals surface area (Å²) in [5, 5.41) is 2.74. The lowest BCUT2D eigenvalue weighted by molar-refractivity contribution is -0.133. The van der Waals surface area contributed by atoms with Crippen LogP contribution in [0.1, 0.15) is 33.1 Å². The molecule has 0 aromatic rings. The van der Waals surface area contributed by atoms with Gasteiger partial charge in [-0.25, -0.2) is 0 Å². The molecule has 14 heavy (non-hydrogen) atoms. The number of hydrogen-bond acceptors (Lipinski definition) is 2. The maximum atomic E-state index is 11.8. The first kappa shape index (κ1) is 11.0. The summed E-state index contributed by atoms with van der Waals surface area (Å²) in [6.07, 6.45) is 2.05. The molecule has 0 bridgehead atoms. The normalized spacial score (nSPS) is 23.3. The molecule has 1 saturated heterocycles. The van der Waals surface area contributed by atoms with Crippen LogP contribution in [0.25, 0.3) is 0 Å². The summed E-state index contributed by atoms with van der Waals surface area (Å²) in [6, 6.07) is -0.309. The highest BCUT2D eigenvalue weighted by Crippen LogP contribution is 2.06. The molecule has 1 N–H and O–H groups in total. The van der Waals surface area contributed by atoms with Crippen LogP contribution < -0.4 is 5.32 Å². The van der Waals surface area contributed by atoms with Gasteiger partial charge in [0.15, 0.2) is 0 Å². The van der Waals surface area contributed by atoms with Crippen molar-refractivity contribution in [1.29, 1.82) is 0 Å². The lowest BCUT2D eigenvalue weighted by Crippen LogP contribution is -2.44. The van der Waals surface area contributed by atoms with E-state index in [2.05, 4.69) is 5.32 Å². The van der Waals surface area contributed by atoms with Crippen molar-refractivity contribution in [2.75, 3.05) is 13.1 Å². The van der Waals surface area contributed by atoms with E-state index >= 15 is 0 Å². The van der Waals surface area contributed by atoms with E-state index in [0.717, 1.165) is 13.0 Å². The van der Waals surface area contributed by atoms with Crippen molar-refractivity contribution in [2.45, 2.75) is 39.2 Å². The highest BCUT2D eigenvalue weighted by Gasteiger charge is 2.27. The second-order valence-electron chi connectivity index (χ2n) is 3.60. The monoisotopic (exact) mass is 198 g/mol. The second-order valence-corrected chi connectivity index (χ2v) is 3.60. The summed E-state index contributed by atoms with van der Waals surface area (Å²) in [5.74, 6) is 0.0593. The third-order valence-electron chi connectivity index (χ3n) is 2.46. The SMILES string of the molecule is CCCN1CCC(=O)NC(CC)C1=O. The van der Waals surface area contributed by atoms with Gasteiger partial charge in [0, 0.05) is 19.5 Å². The van der Waals surface area contributed by atoms with E-state index in [9.17, 15) is 9.59 Å². The maximum Gasteiger partial charge on any atom is 0.245 e. The fraction of sp³-hybridized carbons (Fsp3) is 0.800. The number of nitrogens with one attached hydrogen (secondary N) is 1. The second kappa shape index (κ2) is 4.98. The minimum atomic E-state index is -0.309. The summed E-state index contributed by atoms with van der Waals surface area (Å²) < 4.78 is 0. The molecule has 1 rings (SSSR count). The zero-order chi connectivity index (χ0) is 10.6. The van der Waals surface area contributed by atoms with Crippen LogP contribution in [0.5, 0.6) is 0 Å². The molecule has 1 atom stereocenters. The van der Waals surface area contributed by atoms with Gasteiger partial charge >= 0.3 is 0 Å². The number of nitrogens with zero attached hydrogens (tertiary/aromatic N) is 1. The highest BCUT2D eigenvalue weighted by molar-refractivity contribution is 5.89. The van der Waals surface area contributed by atoms with Crippen molar-refractivity contribution in [3.8, 4) is 0 Å². The largest absolute Gasteiger partial charge is 0.344 e. The van der Waals surface area contributed by atoms with Crippen LogP contribution in [-0.4, -0.2) is 35.8 Å². The Morgan fingerprint density at radius 2 is 2.14 bits per heavy atom. The summed E-state index contributed by atoms with van der Waals surface area (Å²) in [6.45, 7) is 5.27. The lowest BCUT2D eigenvalue weighted by atomic mass is 10.2. The summed E-state index contributed by atoms with van der Waals surface area (Å²) in [7, 11) is 0. The molecule has 1 heterocycles. The molecule has 1 aliphatic heterocycles. The number of hydrogen-bond donors (Lipinski definition) is 1. The average molecular weight is 198 g/mol. The first-order chi connectivity index (χ1) is 6.69. The molecule has 0 saturated carbocycles. The number of amides is 2. The topological polar surface area (TPSA) is 49.4 Å². The van der Waals surface area contributed by atoms with Crippen LogP contribution in [0.4, 0.5) is 0 Å². The maximum absolute atomic E-state index is 11.8. The predicted octanol–water partition coefficient (Wildman–Crippen LogP) is 0.523. The molecular formula is C10H18N2O2. The molecule has 0 aromatic heterocycles. The first-order valence-corrected chi connectivity index (χ1v) is 5.27. The van der Waals surface area contributed by atoms with Crippen molar-refractivity contribution >= 4 is 11.8 Å². The number of rotatable bonds is 3. The van der Waals surface area contributed by atoms with Crippen LogP contribution in [0, 0.1) is 0 Å². The highest BCUT2D eigenvalue weighted by atomic mass is 16.2. The molecule has 1 unspecified atom stereocenters. The summed E-state index contributed by atoms with van der Waals surface area (Å²) in [4.78, 5) is 24.9. The molecule has 0 aliphatic carbocycles. The molecular weight excluding hydrogens is 180 g/mol. The van der Waals surface area contributed by atoms with Crippen LogP contribution in [0.2, 0.25) is 0 Å². The van der Waals surface area contributed by atoms with Gasteiger partial charge in [-0.05, 0) is 12.8 Å². The van der Waals surface area contributed by atoms with Gasteiger partial charge < -0.3 is 10.2 Å². The Labute approximate surface area is 84.7 Å². The van der Waals surface area contributed by atoms with E-state index in [4.69, 9.17) is 0 Å². The Bertz CT molecular complexity index is 228. The van der Waals surface area contributed by atoms with Crippen molar-refractivity contribution in [1.82, 2.24) is 10.2 Å². The van der Waals surface area contributed by atoms with Gasteiger partial charge in [0.2, 0.25) is 11.8 Å². The van der Waals surface area contributed by atoms with Gasteiger partial charge in [0.1, 0.15) is 6.04 Å². The van der Waals surface area contributed by atoms with E-state index < -0.39 is 0 Å². The van der Waals surface area contributed by atoms with Gasteiger partial charge in [-0.15, -0.1) is 0 Å². The van der Waals surface area contributed by atoms with Gasteiger partial charge in [-0.2, -0.15) is 0 Å². The van der Waals surface area contributed by atoms with Crippen molar-refractivity contribution in [2.24, 2.45) is 0 Å². The van der Waals surface area contributed by atoms with Crippen LogP contribution in [0.3, 0.4) is 0 Å². The third-order valence-corrected chi connectivity index (χ3v) is 2.46. The minimum absolute atomic E-state index is 0.0104. The Morgan fingerprint density at radius 1 is 1.43 bits per heavy atom. The summed E-state index contributed by atoms with van der Waals surface area (Å²) in [5.41, 5.74) is 0. The van der Waals surface area contributed by atoms with Gasteiger partial charge in [-0.3, -0.25) is 9.59 Å². The van der Waals surface area contributed by atoms with Gasteiger partial charge in [0.25, 0.3) is 0 Å². The summed E-state index contributed by atoms with van der Waals surface area (Å²) >= 11 is 0. The van der Waals surface area contributed by atoms with Crippen LogP contribution >= 0.6 is 0 Å². The molecule has 2 amide bonds. The lowest BCUT2D eigenvalue weighted by Gasteiger charge is -2.22. The van der Waals surface area contributed by atoms with Crippen molar-refractivity contribution in [3.05, 3.63) is 0 Å². The van der Waals surface area contributed by atoms with Crippen molar-refractivity contribution < 1.29 is 9.59 Å². The van der Waals surface area contributed by atoms with E-state index in [-0.39, 0.29) is 17.9 Å². The molecule has 0 radical (unpaired) electrons. The Balaban J connectivity index is 2.69. The number of carbonyl (C=O) groups excluding carboxylic acids is 2. The first-order valence-electron chi connectivity index (χ1n) is 5.27. The quantitative estimate of drug-likeness (QED) is 0.719. The Kier molecular flexibility index (Phi) is 3.92. The van der Waals surface area contributed by atoms with Crippen LogP contribution in [-0.2, 0) is 9.59 Å². The average Bonchev–Trinajstić information content (AvgIpc) is 2.31. The molecule has 0 spiro atoms. The Hall–Kier alpha value is -1.06. The minimum Gasteiger partial charge on any atom is -0.344 e. The van der Waals surface area contributed by atoms with E-state index in [1.165, 1.54) is 0 Å². The van der Waals surface area contributed by atoms with Crippen molar-refractivity contribution in [3.63, 3.8) is 0 Å². The zero-order valence-electron chi connectivity index (χ0n) is 8.88. The van der Waals surface area contributed by atoms with Gasteiger partial charge in [-0.1, -0.05) is 13.8 Å². The Morgan fingerprint density at radius 3 is 2.71 bits per heavy atom. The fourth-order valence-electron chi connectivity index (χ4n) is 1.66. The van der Waals surface area contributed by atoms with E-state index in [1.54, 1.807) is 4.90 Å². The molecule has 1 aliphatic rings. The molecule has 1 fully saturated rings. The number of carbonyl (C=O) groups is 2. The predicted molar refractivity (Wildman–Crippen MR) is 53.7 cm³/mol. The van der Waals surface area contributed by atoms with E-state index in [1.807, 2.05) is 13.8 Å². The molecule has 4 nitrogen and oxygen atoms in total. The fourth-order valence-corrected chi connectivity index (χ4v) is 1.66. The van der Waals surface area contributed by atoms with Crippen LogP contribution in [0.15, 0.2) is 0 Å². The smallest absolute Gasteiger partial charge is 0.245 e. The third kappa shape index (κ3) is 2.47. The molecule has 80 valence electrons.